The minimum atomic E-state index is -0.252. The monoisotopic (exact) mass is 537 g/mol. The van der Waals surface area contributed by atoms with Crippen molar-refractivity contribution in [3.63, 3.8) is 0 Å². The van der Waals surface area contributed by atoms with Gasteiger partial charge in [-0.25, -0.2) is 4.39 Å². The van der Waals surface area contributed by atoms with Crippen LogP contribution in [0.25, 0.3) is 0 Å². The number of nitrogens with zero attached hydrogens (tertiary/aromatic N) is 1. The van der Waals surface area contributed by atoms with Gasteiger partial charge in [0.25, 0.3) is 0 Å². The van der Waals surface area contributed by atoms with Crippen molar-refractivity contribution in [2.24, 2.45) is 4.99 Å². The largest absolute Gasteiger partial charge is 0.493 e. The van der Waals surface area contributed by atoms with Gasteiger partial charge >= 0.3 is 0 Å². The normalized spacial score (nSPS) is 10.7. The standard InChI is InChI=1S/C18H21BrFN3O2.HI/c1-21-18(22-10-12-5-4-6-14(20)7-12)23-11-13-8-15(19)17(25-3)16(9-13)24-2;/h4-9H,10-11H2,1-3H3,(H2,21,22,23);1H. The van der Waals surface area contributed by atoms with Gasteiger partial charge in [-0.1, -0.05) is 12.1 Å². The molecule has 2 N–H and O–H groups in total. The molecular weight excluding hydrogens is 516 g/mol. The highest BCUT2D eigenvalue weighted by Crippen LogP contribution is 2.36. The Morgan fingerprint density at radius 3 is 2.35 bits per heavy atom. The fourth-order valence-electron chi connectivity index (χ4n) is 2.31. The number of aliphatic imine (C=N–C) groups is 1. The van der Waals surface area contributed by atoms with Crippen LogP contribution >= 0.6 is 39.9 Å². The molecule has 0 aromatic heterocycles. The first kappa shape index (κ1) is 22.5. The van der Waals surface area contributed by atoms with E-state index in [1.165, 1.54) is 12.1 Å². The van der Waals surface area contributed by atoms with Crippen LogP contribution in [0.3, 0.4) is 0 Å². The van der Waals surface area contributed by atoms with Gasteiger partial charge in [0.2, 0.25) is 0 Å². The number of ether oxygens (including phenoxy) is 2. The third-order valence-corrected chi connectivity index (χ3v) is 4.11. The molecule has 0 atom stereocenters. The van der Waals surface area contributed by atoms with Crippen LogP contribution in [-0.4, -0.2) is 27.2 Å². The minimum Gasteiger partial charge on any atom is -0.493 e. The first-order valence-electron chi connectivity index (χ1n) is 7.66. The Kier molecular flexibility index (Phi) is 9.71. The van der Waals surface area contributed by atoms with Gasteiger partial charge in [0.05, 0.1) is 18.7 Å². The third-order valence-electron chi connectivity index (χ3n) is 3.53. The van der Waals surface area contributed by atoms with Crippen molar-refractivity contribution in [3.8, 4) is 11.5 Å². The SMILES string of the molecule is CN=C(NCc1cccc(F)c1)NCc1cc(Br)c(OC)c(OC)c1.I. The first-order valence-corrected chi connectivity index (χ1v) is 8.46. The summed E-state index contributed by atoms with van der Waals surface area (Å²) < 4.78 is 24.7. The van der Waals surface area contributed by atoms with Crippen molar-refractivity contribution >= 4 is 45.9 Å². The summed E-state index contributed by atoms with van der Waals surface area (Å²) in [6.07, 6.45) is 0. The number of methoxy groups -OCH3 is 2. The molecule has 0 spiro atoms. The van der Waals surface area contributed by atoms with E-state index in [-0.39, 0.29) is 29.8 Å². The van der Waals surface area contributed by atoms with Crippen LogP contribution in [0.4, 0.5) is 4.39 Å². The predicted octanol–water partition coefficient (Wildman–Crippen LogP) is 4.09. The second kappa shape index (κ2) is 11.2. The molecule has 142 valence electrons. The first-order chi connectivity index (χ1) is 12.1. The van der Waals surface area contributed by atoms with E-state index in [2.05, 4.69) is 31.6 Å². The molecule has 0 amide bonds. The zero-order chi connectivity index (χ0) is 18.2. The van der Waals surface area contributed by atoms with Crippen molar-refractivity contribution in [1.29, 1.82) is 0 Å². The molecule has 0 unspecified atom stereocenters. The smallest absolute Gasteiger partial charge is 0.191 e. The van der Waals surface area contributed by atoms with Gasteiger partial charge in [-0.15, -0.1) is 24.0 Å². The molecule has 0 aliphatic carbocycles. The van der Waals surface area contributed by atoms with E-state index in [1.807, 2.05) is 18.2 Å². The van der Waals surface area contributed by atoms with Crippen LogP contribution in [0.15, 0.2) is 45.9 Å². The highest BCUT2D eigenvalue weighted by atomic mass is 127. The lowest BCUT2D eigenvalue weighted by Gasteiger charge is -2.15. The Bertz CT molecular complexity index is 759. The fraction of sp³-hybridized carbons (Fsp3) is 0.278. The number of nitrogens with one attached hydrogen (secondary N) is 2. The van der Waals surface area contributed by atoms with E-state index in [0.717, 1.165) is 15.6 Å². The summed E-state index contributed by atoms with van der Waals surface area (Å²) in [5.41, 5.74) is 1.84. The van der Waals surface area contributed by atoms with Crippen molar-refractivity contribution in [3.05, 3.63) is 57.8 Å². The summed E-state index contributed by atoms with van der Waals surface area (Å²) in [4.78, 5) is 4.17. The minimum absolute atomic E-state index is 0. The summed E-state index contributed by atoms with van der Waals surface area (Å²) in [6, 6.07) is 10.3. The zero-order valence-electron chi connectivity index (χ0n) is 14.8. The van der Waals surface area contributed by atoms with Crippen LogP contribution < -0.4 is 20.1 Å². The summed E-state index contributed by atoms with van der Waals surface area (Å²) >= 11 is 3.48. The van der Waals surface area contributed by atoms with Gasteiger partial charge in [0.15, 0.2) is 17.5 Å². The number of hydrogen-bond acceptors (Lipinski definition) is 3. The van der Waals surface area contributed by atoms with Crippen molar-refractivity contribution in [2.45, 2.75) is 13.1 Å². The summed E-state index contributed by atoms with van der Waals surface area (Å²) in [5.74, 6) is 1.67. The molecule has 0 aliphatic heterocycles. The molecule has 2 aromatic carbocycles. The third kappa shape index (κ3) is 6.31. The highest BCUT2D eigenvalue weighted by Gasteiger charge is 2.10. The van der Waals surface area contributed by atoms with E-state index in [4.69, 9.17) is 9.47 Å². The molecule has 2 rings (SSSR count). The molecule has 0 bridgehead atoms. The summed E-state index contributed by atoms with van der Waals surface area (Å²) in [5, 5.41) is 6.37. The Hall–Kier alpha value is -1.55. The molecular formula is C18H22BrFIN3O2. The fourth-order valence-corrected chi connectivity index (χ4v) is 2.96. The van der Waals surface area contributed by atoms with Crippen LogP contribution in [0.1, 0.15) is 11.1 Å². The van der Waals surface area contributed by atoms with E-state index in [0.29, 0.717) is 30.5 Å². The van der Waals surface area contributed by atoms with Crippen LogP contribution in [0.5, 0.6) is 11.5 Å². The van der Waals surface area contributed by atoms with Gasteiger partial charge < -0.3 is 20.1 Å². The lowest BCUT2D eigenvalue weighted by Crippen LogP contribution is -2.36. The number of benzene rings is 2. The second-order valence-corrected chi connectivity index (χ2v) is 6.08. The molecule has 0 aliphatic rings. The molecule has 8 heteroatoms. The van der Waals surface area contributed by atoms with Gasteiger partial charge in [-0.05, 0) is 51.3 Å². The Morgan fingerprint density at radius 2 is 1.77 bits per heavy atom. The number of guanidine groups is 1. The Balaban J connectivity index is 0.00000338. The van der Waals surface area contributed by atoms with Crippen LogP contribution in [0.2, 0.25) is 0 Å². The zero-order valence-corrected chi connectivity index (χ0v) is 18.7. The van der Waals surface area contributed by atoms with Crippen molar-refractivity contribution in [2.75, 3.05) is 21.3 Å². The van der Waals surface area contributed by atoms with Gasteiger partial charge in [-0.3, -0.25) is 4.99 Å². The lowest BCUT2D eigenvalue weighted by atomic mass is 10.2. The lowest BCUT2D eigenvalue weighted by molar-refractivity contribution is 0.352. The summed E-state index contributed by atoms with van der Waals surface area (Å²) in [6.45, 7) is 1.02. The molecule has 0 radical (unpaired) electrons. The molecule has 0 saturated carbocycles. The number of hydrogen-bond donors (Lipinski definition) is 2. The quantitative estimate of drug-likeness (QED) is 0.331. The summed E-state index contributed by atoms with van der Waals surface area (Å²) in [7, 11) is 4.88. The van der Waals surface area contributed by atoms with Crippen molar-refractivity contribution < 1.29 is 13.9 Å². The Labute approximate surface area is 178 Å². The molecule has 0 heterocycles. The average molecular weight is 538 g/mol. The number of rotatable bonds is 6. The maximum absolute atomic E-state index is 13.2. The molecule has 5 nitrogen and oxygen atoms in total. The highest BCUT2D eigenvalue weighted by molar-refractivity contribution is 14.0. The van der Waals surface area contributed by atoms with Gasteiger partial charge in [0.1, 0.15) is 5.82 Å². The molecule has 2 aromatic rings. The van der Waals surface area contributed by atoms with E-state index in [1.54, 1.807) is 27.3 Å². The predicted molar refractivity (Wildman–Crippen MR) is 116 cm³/mol. The maximum atomic E-state index is 13.2. The van der Waals surface area contributed by atoms with Crippen LogP contribution in [0, 0.1) is 5.82 Å². The maximum Gasteiger partial charge on any atom is 0.191 e. The molecule has 0 saturated heterocycles. The van der Waals surface area contributed by atoms with E-state index < -0.39 is 0 Å². The van der Waals surface area contributed by atoms with Crippen molar-refractivity contribution in [1.82, 2.24) is 10.6 Å². The van der Waals surface area contributed by atoms with E-state index in [9.17, 15) is 4.39 Å². The van der Waals surface area contributed by atoms with E-state index >= 15 is 0 Å². The van der Waals surface area contributed by atoms with Crippen LogP contribution in [-0.2, 0) is 13.1 Å². The van der Waals surface area contributed by atoms with Gasteiger partial charge in [-0.2, -0.15) is 0 Å². The molecule has 26 heavy (non-hydrogen) atoms. The second-order valence-electron chi connectivity index (χ2n) is 5.22. The Morgan fingerprint density at radius 1 is 1.08 bits per heavy atom. The topological polar surface area (TPSA) is 54.9 Å². The van der Waals surface area contributed by atoms with Gasteiger partial charge in [0, 0.05) is 20.1 Å². The molecule has 0 fully saturated rings. The number of halogens is 3. The average Bonchev–Trinajstić information content (AvgIpc) is 2.61.